The molecule has 0 amide bonds. The van der Waals surface area contributed by atoms with Crippen molar-refractivity contribution in [1.29, 1.82) is 0 Å². The van der Waals surface area contributed by atoms with E-state index in [4.69, 9.17) is 9.84 Å². The molecule has 2 heterocycles. The van der Waals surface area contributed by atoms with Gasteiger partial charge in [-0.25, -0.2) is 13.2 Å². The third-order valence-electron chi connectivity index (χ3n) is 3.51. The van der Waals surface area contributed by atoms with Crippen molar-refractivity contribution in [1.82, 2.24) is 0 Å². The number of ether oxygens (including phenoxy) is 1. The van der Waals surface area contributed by atoms with E-state index in [0.717, 1.165) is 16.9 Å². The molecule has 1 aromatic heterocycles. The molecule has 2 aromatic rings. The lowest BCUT2D eigenvalue weighted by Gasteiger charge is -2.18. The first-order valence-electron chi connectivity index (χ1n) is 6.45. The molecule has 0 aliphatic carbocycles. The summed E-state index contributed by atoms with van der Waals surface area (Å²) in [4.78, 5) is 10.9. The Balaban J connectivity index is 2.00. The highest BCUT2D eigenvalue weighted by Gasteiger charge is 2.32. The van der Waals surface area contributed by atoms with Crippen molar-refractivity contribution in [3.05, 3.63) is 40.8 Å². The van der Waals surface area contributed by atoms with Crippen molar-refractivity contribution in [3.63, 3.8) is 0 Å². The summed E-state index contributed by atoms with van der Waals surface area (Å²) in [5.74, 6) is -0.452. The van der Waals surface area contributed by atoms with Crippen molar-refractivity contribution in [3.8, 4) is 5.75 Å². The normalized spacial score (nSPS) is 14.0. The second-order valence-corrected chi connectivity index (χ2v) is 7.78. The van der Waals surface area contributed by atoms with E-state index in [9.17, 15) is 13.2 Å². The molecule has 0 fully saturated rings. The number of anilines is 1. The summed E-state index contributed by atoms with van der Waals surface area (Å²) in [7, 11) is -2.18. The third-order valence-corrected chi connectivity index (χ3v) is 6.73. The minimum Gasteiger partial charge on any atom is -0.497 e. The molecule has 8 heteroatoms. The molecule has 0 bridgehead atoms. The van der Waals surface area contributed by atoms with Gasteiger partial charge in [-0.15, -0.1) is 11.3 Å². The minimum absolute atomic E-state index is 0.0160. The number of rotatable bonds is 4. The summed E-state index contributed by atoms with van der Waals surface area (Å²) in [6.45, 7) is 0.338. The maximum atomic E-state index is 12.7. The van der Waals surface area contributed by atoms with Gasteiger partial charge in [-0.05, 0) is 36.2 Å². The second kappa shape index (κ2) is 5.29. The van der Waals surface area contributed by atoms with Crippen LogP contribution < -0.4 is 9.04 Å². The standard InChI is InChI=1S/C14H13NO5S2/c1-20-11-2-3-12-9(6-11)4-5-15(12)22(18,19)13-7-10(8-21-13)14(16)17/h2-3,6-8H,4-5H2,1H3,(H,16,17). The predicted octanol–water partition coefficient (Wildman–Crippen LogP) is 2.21. The van der Waals surface area contributed by atoms with Crippen LogP contribution in [0.3, 0.4) is 0 Å². The van der Waals surface area contributed by atoms with Gasteiger partial charge in [-0.2, -0.15) is 0 Å². The third kappa shape index (κ3) is 2.34. The van der Waals surface area contributed by atoms with Crippen LogP contribution in [0.1, 0.15) is 15.9 Å². The molecule has 0 spiro atoms. The maximum absolute atomic E-state index is 12.7. The van der Waals surface area contributed by atoms with E-state index in [1.165, 1.54) is 15.8 Å². The fraction of sp³-hybridized carbons (Fsp3) is 0.214. The molecule has 3 rings (SSSR count). The van der Waals surface area contributed by atoms with Crippen LogP contribution in [-0.2, 0) is 16.4 Å². The Labute approximate surface area is 131 Å². The first-order valence-corrected chi connectivity index (χ1v) is 8.77. The van der Waals surface area contributed by atoms with Crippen molar-refractivity contribution >= 4 is 33.0 Å². The van der Waals surface area contributed by atoms with Gasteiger partial charge in [0, 0.05) is 11.9 Å². The lowest BCUT2D eigenvalue weighted by molar-refractivity contribution is 0.0697. The lowest BCUT2D eigenvalue weighted by Crippen LogP contribution is -2.28. The number of nitrogens with zero attached hydrogens (tertiary/aromatic N) is 1. The van der Waals surface area contributed by atoms with Gasteiger partial charge in [0.2, 0.25) is 0 Å². The number of methoxy groups -OCH3 is 1. The number of fused-ring (bicyclic) bond motifs is 1. The van der Waals surface area contributed by atoms with Gasteiger partial charge >= 0.3 is 5.97 Å². The topological polar surface area (TPSA) is 83.9 Å². The molecule has 0 atom stereocenters. The first-order chi connectivity index (χ1) is 10.4. The number of hydrogen-bond donors (Lipinski definition) is 1. The Morgan fingerprint density at radius 3 is 2.77 bits per heavy atom. The Kier molecular flexibility index (Phi) is 3.57. The van der Waals surface area contributed by atoms with Crippen LogP contribution >= 0.6 is 11.3 Å². The number of carboxylic acids is 1. The smallest absolute Gasteiger partial charge is 0.336 e. The molecule has 22 heavy (non-hydrogen) atoms. The van der Waals surface area contributed by atoms with Gasteiger partial charge in [0.1, 0.15) is 9.96 Å². The zero-order valence-electron chi connectivity index (χ0n) is 11.6. The molecule has 116 valence electrons. The Bertz CT molecular complexity index is 841. The van der Waals surface area contributed by atoms with Crippen LogP contribution in [0.15, 0.2) is 33.9 Å². The SMILES string of the molecule is COc1ccc2c(c1)CCN2S(=O)(=O)c1cc(C(=O)O)cs1. The maximum Gasteiger partial charge on any atom is 0.336 e. The average molecular weight is 339 g/mol. The fourth-order valence-electron chi connectivity index (χ4n) is 2.40. The van der Waals surface area contributed by atoms with Gasteiger partial charge in [0.25, 0.3) is 10.0 Å². The number of carboxylic acid groups (broad SMARTS) is 1. The highest BCUT2D eigenvalue weighted by molar-refractivity contribution is 7.94. The Morgan fingerprint density at radius 1 is 1.36 bits per heavy atom. The van der Waals surface area contributed by atoms with Crippen LogP contribution in [0, 0.1) is 0 Å². The molecule has 1 aliphatic rings. The predicted molar refractivity (Wildman–Crippen MR) is 82.5 cm³/mol. The molecule has 6 nitrogen and oxygen atoms in total. The minimum atomic E-state index is -3.74. The van der Waals surface area contributed by atoms with E-state index in [-0.39, 0.29) is 9.77 Å². The zero-order chi connectivity index (χ0) is 15.9. The average Bonchev–Trinajstić information content (AvgIpc) is 3.13. The van der Waals surface area contributed by atoms with Gasteiger partial charge < -0.3 is 9.84 Å². The largest absolute Gasteiger partial charge is 0.497 e. The Morgan fingerprint density at radius 2 is 2.14 bits per heavy atom. The highest BCUT2D eigenvalue weighted by atomic mass is 32.2. The summed E-state index contributed by atoms with van der Waals surface area (Å²) in [5.41, 5.74) is 1.50. The van der Waals surface area contributed by atoms with E-state index in [2.05, 4.69) is 0 Å². The van der Waals surface area contributed by atoms with E-state index >= 15 is 0 Å². The van der Waals surface area contributed by atoms with Crippen molar-refractivity contribution in [2.75, 3.05) is 18.0 Å². The van der Waals surface area contributed by atoms with Gasteiger partial charge in [-0.1, -0.05) is 0 Å². The summed E-state index contributed by atoms with van der Waals surface area (Å²) >= 11 is 0.919. The van der Waals surface area contributed by atoms with E-state index in [1.807, 2.05) is 6.07 Å². The molecule has 1 aliphatic heterocycles. The zero-order valence-corrected chi connectivity index (χ0v) is 13.3. The van der Waals surface area contributed by atoms with Gasteiger partial charge in [0.05, 0.1) is 18.4 Å². The summed E-state index contributed by atoms with van der Waals surface area (Å²) in [6.07, 6.45) is 0.600. The molecule has 0 unspecified atom stereocenters. The van der Waals surface area contributed by atoms with E-state index in [0.29, 0.717) is 24.4 Å². The summed E-state index contributed by atoms with van der Waals surface area (Å²) in [6, 6.07) is 6.44. The van der Waals surface area contributed by atoms with Crippen molar-refractivity contribution < 1.29 is 23.1 Å². The van der Waals surface area contributed by atoms with E-state index < -0.39 is 16.0 Å². The monoisotopic (exact) mass is 339 g/mol. The lowest BCUT2D eigenvalue weighted by atomic mass is 10.1. The van der Waals surface area contributed by atoms with E-state index in [1.54, 1.807) is 19.2 Å². The molecule has 0 saturated carbocycles. The number of benzene rings is 1. The molecule has 1 N–H and O–H groups in total. The fourth-order valence-corrected chi connectivity index (χ4v) is 5.17. The number of carbonyl (C=O) groups is 1. The first kappa shape index (κ1) is 14.9. The van der Waals surface area contributed by atoms with Crippen LogP contribution in [0.4, 0.5) is 5.69 Å². The van der Waals surface area contributed by atoms with Gasteiger partial charge in [-0.3, -0.25) is 4.31 Å². The van der Waals surface area contributed by atoms with Crippen molar-refractivity contribution in [2.45, 2.75) is 10.6 Å². The summed E-state index contributed by atoms with van der Waals surface area (Å²) < 4.78 is 31.9. The quantitative estimate of drug-likeness (QED) is 0.923. The second-order valence-electron chi connectivity index (χ2n) is 4.78. The van der Waals surface area contributed by atoms with Crippen LogP contribution in [0.2, 0.25) is 0 Å². The summed E-state index contributed by atoms with van der Waals surface area (Å²) in [5, 5.41) is 10.3. The van der Waals surface area contributed by atoms with Crippen molar-refractivity contribution in [2.24, 2.45) is 0 Å². The molecule has 1 aromatic carbocycles. The van der Waals surface area contributed by atoms with Crippen LogP contribution in [-0.4, -0.2) is 33.1 Å². The molecule has 0 saturated heterocycles. The Hall–Kier alpha value is -2.06. The molecular weight excluding hydrogens is 326 g/mol. The van der Waals surface area contributed by atoms with Crippen LogP contribution in [0.5, 0.6) is 5.75 Å². The number of aromatic carboxylic acids is 1. The molecular formula is C14H13NO5S2. The number of thiophene rings is 1. The van der Waals surface area contributed by atoms with Gasteiger partial charge in [0.15, 0.2) is 0 Å². The highest BCUT2D eigenvalue weighted by Crippen LogP contribution is 2.36. The number of hydrogen-bond acceptors (Lipinski definition) is 5. The number of sulfonamides is 1. The molecule has 0 radical (unpaired) electrons. The van der Waals surface area contributed by atoms with Crippen LogP contribution in [0.25, 0.3) is 0 Å².